The fraction of sp³-hybridized carbons (Fsp3) is 0.250. The summed E-state index contributed by atoms with van der Waals surface area (Å²) in [5.41, 5.74) is 8.01. The summed E-state index contributed by atoms with van der Waals surface area (Å²) in [6.45, 7) is 0.806. The van der Waals surface area contributed by atoms with Crippen LogP contribution in [-0.4, -0.2) is 11.5 Å². The number of nitrogen functional groups attached to an aromatic ring is 1. The molecular formula is C8H9N3O2. The maximum Gasteiger partial charge on any atom is 0.273 e. The number of nitrogens with zero attached hydrogens (tertiary/aromatic N) is 1. The number of hydrogen-bond acceptors (Lipinski definition) is 4. The van der Waals surface area contributed by atoms with Crippen LogP contribution in [0.25, 0.3) is 0 Å². The lowest BCUT2D eigenvalue weighted by atomic mass is 10.1. The molecule has 1 aliphatic heterocycles. The van der Waals surface area contributed by atoms with Gasteiger partial charge in [0.05, 0.1) is 4.92 Å². The number of fused-ring (bicyclic) bond motifs is 1. The van der Waals surface area contributed by atoms with Gasteiger partial charge < -0.3 is 11.1 Å². The van der Waals surface area contributed by atoms with E-state index in [-0.39, 0.29) is 5.69 Å². The molecule has 1 heterocycles. The molecular weight excluding hydrogens is 170 g/mol. The van der Waals surface area contributed by atoms with Crippen molar-refractivity contribution in [2.45, 2.75) is 6.42 Å². The summed E-state index contributed by atoms with van der Waals surface area (Å²) in [7, 11) is 0. The van der Waals surface area contributed by atoms with Gasteiger partial charge in [-0.1, -0.05) is 0 Å². The predicted octanol–water partition coefficient (Wildman–Crippen LogP) is 1.15. The molecule has 1 aromatic rings. The average molecular weight is 179 g/mol. The van der Waals surface area contributed by atoms with Crippen LogP contribution in [0.15, 0.2) is 12.1 Å². The molecule has 0 spiro atoms. The van der Waals surface area contributed by atoms with Crippen molar-refractivity contribution in [3.05, 3.63) is 27.8 Å². The van der Waals surface area contributed by atoms with Gasteiger partial charge in [-0.05, 0) is 6.42 Å². The van der Waals surface area contributed by atoms with Crippen molar-refractivity contribution in [2.75, 3.05) is 17.6 Å². The summed E-state index contributed by atoms with van der Waals surface area (Å²) >= 11 is 0. The molecule has 1 aliphatic rings. The van der Waals surface area contributed by atoms with E-state index < -0.39 is 4.92 Å². The van der Waals surface area contributed by atoms with Crippen molar-refractivity contribution in [3.63, 3.8) is 0 Å². The molecule has 0 atom stereocenters. The van der Waals surface area contributed by atoms with E-state index in [2.05, 4.69) is 5.32 Å². The summed E-state index contributed by atoms with van der Waals surface area (Å²) in [6, 6.07) is 2.94. The molecule has 13 heavy (non-hydrogen) atoms. The first-order valence-corrected chi connectivity index (χ1v) is 3.99. The minimum atomic E-state index is -0.434. The Balaban J connectivity index is 2.55. The molecule has 0 saturated carbocycles. The standard InChI is InChI=1S/C8H9N3O2/c9-7-3-5(11(12)13)4-8-6(7)1-2-10-8/h3-4,10H,1-2,9H2. The molecule has 0 amide bonds. The third kappa shape index (κ3) is 1.18. The van der Waals surface area contributed by atoms with E-state index in [1.807, 2.05) is 0 Å². The minimum absolute atomic E-state index is 0.0469. The second-order valence-corrected chi connectivity index (χ2v) is 2.99. The van der Waals surface area contributed by atoms with Gasteiger partial charge in [0.1, 0.15) is 0 Å². The fourth-order valence-corrected chi connectivity index (χ4v) is 1.54. The van der Waals surface area contributed by atoms with Crippen LogP contribution in [0.1, 0.15) is 5.56 Å². The SMILES string of the molecule is Nc1cc([N+](=O)[O-])cc2c1CCN2. The Kier molecular flexibility index (Phi) is 1.58. The van der Waals surface area contributed by atoms with E-state index >= 15 is 0 Å². The van der Waals surface area contributed by atoms with Crippen molar-refractivity contribution in [2.24, 2.45) is 0 Å². The first-order chi connectivity index (χ1) is 6.18. The Morgan fingerprint density at radius 3 is 3.00 bits per heavy atom. The van der Waals surface area contributed by atoms with Gasteiger partial charge in [-0.15, -0.1) is 0 Å². The second kappa shape index (κ2) is 2.62. The highest BCUT2D eigenvalue weighted by Gasteiger charge is 2.18. The Bertz CT molecular complexity index is 376. The van der Waals surface area contributed by atoms with E-state index in [9.17, 15) is 10.1 Å². The van der Waals surface area contributed by atoms with Crippen LogP contribution >= 0.6 is 0 Å². The van der Waals surface area contributed by atoms with E-state index in [0.717, 1.165) is 24.2 Å². The van der Waals surface area contributed by atoms with Crippen molar-refractivity contribution < 1.29 is 4.92 Å². The van der Waals surface area contributed by atoms with Gasteiger partial charge in [0, 0.05) is 35.6 Å². The molecule has 3 N–H and O–H groups in total. The van der Waals surface area contributed by atoms with Crippen LogP contribution in [-0.2, 0) is 6.42 Å². The third-order valence-electron chi connectivity index (χ3n) is 2.17. The maximum atomic E-state index is 10.5. The number of nitro groups is 1. The number of nitrogens with two attached hydrogens (primary N) is 1. The molecule has 5 nitrogen and oxygen atoms in total. The van der Waals surface area contributed by atoms with Crippen LogP contribution in [0, 0.1) is 10.1 Å². The lowest BCUT2D eigenvalue weighted by molar-refractivity contribution is -0.384. The van der Waals surface area contributed by atoms with Gasteiger partial charge in [-0.25, -0.2) is 0 Å². The van der Waals surface area contributed by atoms with Crippen molar-refractivity contribution >= 4 is 17.1 Å². The highest BCUT2D eigenvalue weighted by molar-refractivity contribution is 5.71. The van der Waals surface area contributed by atoms with Gasteiger partial charge in [0.25, 0.3) is 5.69 Å². The summed E-state index contributed by atoms with van der Waals surface area (Å²) in [5, 5.41) is 13.5. The van der Waals surface area contributed by atoms with E-state index in [1.54, 1.807) is 0 Å². The molecule has 1 aromatic carbocycles. The van der Waals surface area contributed by atoms with Crippen LogP contribution in [0.5, 0.6) is 0 Å². The number of rotatable bonds is 1. The number of hydrogen-bond donors (Lipinski definition) is 2. The molecule has 68 valence electrons. The third-order valence-corrected chi connectivity index (χ3v) is 2.17. The zero-order valence-electron chi connectivity index (χ0n) is 6.91. The first kappa shape index (κ1) is 7.85. The molecule has 2 rings (SSSR count). The Morgan fingerprint density at radius 2 is 2.31 bits per heavy atom. The summed E-state index contributed by atoms with van der Waals surface area (Å²) in [6.07, 6.45) is 0.846. The van der Waals surface area contributed by atoms with Gasteiger partial charge in [0.2, 0.25) is 0 Å². The zero-order valence-corrected chi connectivity index (χ0v) is 6.91. The number of anilines is 2. The minimum Gasteiger partial charge on any atom is -0.398 e. The van der Waals surface area contributed by atoms with E-state index in [4.69, 9.17) is 5.73 Å². The zero-order chi connectivity index (χ0) is 9.42. The molecule has 0 unspecified atom stereocenters. The highest BCUT2D eigenvalue weighted by atomic mass is 16.6. The molecule has 0 aromatic heterocycles. The summed E-state index contributed by atoms with van der Waals surface area (Å²) < 4.78 is 0. The van der Waals surface area contributed by atoms with E-state index in [0.29, 0.717) is 5.69 Å². The van der Waals surface area contributed by atoms with Crippen molar-refractivity contribution in [3.8, 4) is 0 Å². The Morgan fingerprint density at radius 1 is 1.54 bits per heavy atom. The molecule has 0 bridgehead atoms. The second-order valence-electron chi connectivity index (χ2n) is 2.99. The van der Waals surface area contributed by atoms with Crippen molar-refractivity contribution in [1.29, 1.82) is 0 Å². The van der Waals surface area contributed by atoms with Crippen molar-refractivity contribution in [1.82, 2.24) is 0 Å². The smallest absolute Gasteiger partial charge is 0.273 e. The van der Waals surface area contributed by atoms with Crippen LogP contribution in [0.4, 0.5) is 17.1 Å². The molecule has 0 saturated heterocycles. The fourth-order valence-electron chi connectivity index (χ4n) is 1.54. The van der Waals surface area contributed by atoms with Gasteiger partial charge >= 0.3 is 0 Å². The first-order valence-electron chi connectivity index (χ1n) is 3.99. The summed E-state index contributed by atoms with van der Waals surface area (Å²) in [5.74, 6) is 0. The highest BCUT2D eigenvalue weighted by Crippen LogP contribution is 2.32. The topological polar surface area (TPSA) is 81.2 Å². The molecule has 0 aliphatic carbocycles. The van der Waals surface area contributed by atoms with Gasteiger partial charge in [-0.3, -0.25) is 10.1 Å². The van der Waals surface area contributed by atoms with Gasteiger partial charge in [-0.2, -0.15) is 0 Å². The van der Waals surface area contributed by atoms with Crippen LogP contribution in [0.2, 0.25) is 0 Å². The number of benzene rings is 1. The predicted molar refractivity (Wildman–Crippen MR) is 49.7 cm³/mol. The summed E-state index contributed by atoms with van der Waals surface area (Å²) in [4.78, 5) is 10.0. The Labute approximate surface area is 74.7 Å². The molecule has 0 radical (unpaired) electrons. The van der Waals surface area contributed by atoms with Crippen LogP contribution in [0.3, 0.4) is 0 Å². The maximum absolute atomic E-state index is 10.5. The normalized spacial score (nSPS) is 13.5. The van der Waals surface area contributed by atoms with Crippen LogP contribution < -0.4 is 11.1 Å². The monoisotopic (exact) mass is 179 g/mol. The Hall–Kier alpha value is -1.78. The molecule has 5 heteroatoms. The largest absolute Gasteiger partial charge is 0.398 e. The van der Waals surface area contributed by atoms with Gasteiger partial charge in [0.15, 0.2) is 0 Å². The molecule has 0 fully saturated rings. The average Bonchev–Trinajstić information content (AvgIpc) is 2.51. The number of non-ortho nitro benzene ring substituents is 1. The number of nitro benzene ring substituents is 1. The lowest BCUT2D eigenvalue weighted by Gasteiger charge is -2.02. The van der Waals surface area contributed by atoms with E-state index in [1.165, 1.54) is 12.1 Å². The quantitative estimate of drug-likeness (QED) is 0.385. The number of nitrogens with one attached hydrogen (secondary N) is 1. The lowest BCUT2D eigenvalue weighted by Crippen LogP contribution is -1.95.